The third kappa shape index (κ3) is 6.23. The van der Waals surface area contributed by atoms with Gasteiger partial charge in [0.25, 0.3) is 11.8 Å². The van der Waals surface area contributed by atoms with Gasteiger partial charge in [-0.3, -0.25) is 34.3 Å². The summed E-state index contributed by atoms with van der Waals surface area (Å²) in [6.07, 6.45) is 5.13. The van der Waals surface area contributed by atoms with Gasteiger partial charge in [-0.15, -0.1) is 0 Å². The van der Waals surface area contributed by atoms with Gasteiger partial charge in [-0.1, -0.05) is 0 Å². The Labute approximate surface area is 326 Å². The van der Waals surface area contributed by atoms with Gasteiger partial charge >= 0.3 is 0 Å². The fraction of sp³-hybridized carbons (Fsp3) is 0.268. The fourth-order valence-electron chi connectivity index (χ4n) is 8.21. The van der Waals surface area contributed by atoms with Gasteiger partial charge in [0, 0.05) is 86.4 Å². The lowest BCUT2D eigenvalue weighted by atomic mass is 10.0. The van der Waals surface area contributed by atoms with E-state index in [1.165, 1.54) is 6.33 Å². The third-order valence-corrected chi connectivity index (χ3v) is 11.4. The molecule has 3 fully saturated rings. The maximum absolute atomic E-state index is 13.3. The van der Waals surface area contributed by atoms with Gasteiger partial charge < -0.3 is 19.9 Å². The molecule has 57 heavy (non-hydrogen) atoms. The number of ether oxygens (including phenoxy) is 1. The second kappa shape index (κ2) is 13.7. The number of nitrogens with one attached hydrogen (secondary N) is 2. The highest BCUT2D eigenvalue weighted by Gasteiger charge is 2.45. The number of hydrogen-bond donors (Lipinski definition) is 2. The van der Waals surface area contributed by atoms with Crippen molar-refractivity contribution in [1.82, 2.24) is 39.7 Å². The van der Waals surface area contributed by atoms with Crippen molar-refractivity contribution in [2.45, 2.75) is 31.8 Å². The Bertz CT molecular complexity index is 2630. The van der Waals surface area contributed by atoms with Crippen LogP contribution in [-0.4, -0.2) is 109 Å². The number of pyridine rings is 1. The number of piperazine rings is 1. The Hall–Kier alpha value is -6.94. The predicted octanol–water partition coefficient (Wildman–Crippen LogP) is 3.93. The lowest BCUT2D eigenvalue weighted by molar-refractivity contribution is -0.136. The molecule has 3 saturated heterocycles. The van der Waals surface area contributed by atoms with Gasteiger partial charge in [0.1, 0.15) is 36.0 Å². The molecule has 1 atom stereocenters. The first-order valence-electron chi connectivity index (χ1n) is 18.9. The first-order chi connectivity index (χ1) is 27.8. The molecule has 0 radical (unpaired) electrons. The molecule has 0 bridgehead atoms. The van der Waals surface area contributed by atoms with Crippen molar-refractivity contribution in [3.8, 4) is 11.5 Å². The molecule has 3 aromatic heterocycles. The van der Waals surface area contributed by atoms with Gasteiger partial charge in [0.15, 0.2) is 5.65 Å². The fourth-order valence-corrected chi connectivity index (χ4v) is 8.21. The number of piperidine rings is 1. The quantitative estimate of drug-likeness (QED) is 0.214. The minimum atomic E-state index is -0.975. The minimum Gasteiger partial charge on any atom is -0.457 e. The van der Waals surface area contributed by atoms with Crippen LogP contribution in [0.3, 0.4) is 0 Å². The summed E-state index contributed by atoms with van der Waals surface area (Å²) in [5.74, 6) is 0.172. The Morgan fingerprint density at radius 3 is 2.42 bits per heavy atom. The highest BCUT2D eigenvalue weighted by Crippen LogP contribution is 2.34. The van der Waals surface area contributed by atoms with Crippen LogP contribution < -0.4 is 25.2 Å². The zero-order valence-electron chi connectivity index (χ0n) is 31.0. The normalized spacial score (nSPS) is 19.0. The van der Waals surface area contributed by atoms with Crippen LogP contribution in [-0.2, 0) is 9.59 Å². The molecule has 0 aliphatic carbocycles. The Morgan fingerprint density at radius 2 is 1.60 bits per heavy atom. The second-order valence-electron chi connectivity index (χ2n) is 14.8. The molecule has 0 spiro atoms. The number of benzene rings is 3. The highest BCUT2D eigenvalue weighted by molar-refractivity contribution is 6.23. The number of amides is 4. The standard InChI is InChI=1S/C41H37N11O5/c1-24-16-25(2-8-35(24)57-29-10-11-51-36(19-29)43-23-45-51)46-38-31-6-4-27(18-33(31)42-22-44-38)50-20-28(21-50)49-14-12-48(13-15-49)26-3-5-30-32(17-26)41(56)52(40(30)55)34-7-9-37(53)47-39(34)54/h2-6,8,10-11,16-19,22-23,28,34H,7,9,12-15,20-21H2,1H3,(H,42,44,46)(H,47,53,54). The van der Waals surface area contributed by atoms with E-state index in [0.717, 1.165) is 89.3 Å². The lowest BCUT2D eigenvalue weighted by Crippen LogP contribution is -2.63. The van der Waals surface area contributed by atoms with Crippen molar-refractivity contribution in [1.29, 1.82) is 0 Å². The van der Waals surface area contributed by atoms with Crippen molar-refractivity contribution >= 4 is 63.1 Å². The largest absolute Gasteiger partial charge is 0.457 e. The summed E-state index contributed by atoms with van der Waals surface area (Å²) in [5, 5.41) is 10.8. The Balaban J connectivity index is 0.745. The van der Waals surface area contributed by atoms with Crippen LogP contribution in [0.5, 0.6) is 11.5 Å². The number of carbonyl (C=O) groups excluding carboxylic acids is 4. The van der Waals surface area contributed by atoms with Crippen LogP contribution in [0.15, 0.2) is 85.6 Å². The minimum absolute atomic E-state index is 0.0910. The number of hydrogen-bond acceptors (Lipinski definition) is 13. The smallest absolute Gasteiger partial charge is 0.262 e. The number of rotatable bonds is 8. The van der Waals surface area contributed by atoms with Crippen molar-refractivity contribution in [3.05, 3.63) is 102 Å². The number of carbonyl (C=O) groups is 4. The molecule has 10 rings (SSSR count). The van der Waals surface area contributed by atoms with E-state index in [-0.39, 0.29) is 12.8 Å². The number of fused-ring (bicyclic) bond motifs is 3. The zero-order valence-corrected chi connectivity index (χ0v) is 31.0. The molecule has 4 aliphatic rings. The molecular weight excluding hydrogens is 727 g/mol. The van der Waals surface area contributed by atoms with Gasteiger partial charge in [0.05, 0.1) is 16.6 Å². The van der Waals surface area contributed by atoms with E-state index >= 15 is 0 Å². The summed E-state index contributed by atoms with van der Waals surface area (Å²) < 4.78 is 7.83. The summed E-state index contributed by atoms with van der Waals surface area (Å²) >= 11 is 0. The molecule has 4 aliphatic heterocycles. The zero-order chi connectivity index (χ0) is 38.8. The van der Waals surface area contributed by atoms with Crippen LogP contribution in [0.2, 0.25) is 0 Å². The summed E-state index contributed by atoms with van der Waals surface area (Å²) in [4.78, 5) is 72.1. The van der Waals surface area contributed by atoms with Crippen LogP contribution in [0, 0.1) is 6.92 Å². The molecule has 286 valence electrons. The summed E-state index contributed by atoms with van der Waals surface area (Å²) in [5.41, 5.74) is 6.01. The summed E-state index contributed by atoms with van der Waals surface area (Å²) in [7, 11) is 0. The average molecular weight is 764 g/mol. The summed E-state index contributed by atoms with van der Waals surface area (Å²) in [6.45, 7) is 7.14. The van der Waals surface area contributed by atoms with Crippen molar-refractivity contribution in [3.63, 3.8) is 0 Å². The monoisotopic (exact) mass is 763 g/mol. The van der Waals surface area contributed by atoms with Crippen LogP contribution in [0.1, 0.15) is 39.1 Å². The topological polar surface area (TPSA) is 170 Å². The van der Waals surface area contributed by atoms with E-state index in [1.807, 2.05) is 49.5 Å². The SMILES string of the molecule is Cc1cc(Nc2ncnc3cc(N4CC(N5CCN(c6ccc7c(c6)C(=O)N(C6CCC(=O)NC6=O)C7=O)CC5)C4)ccc23)ccc1Oc1ccn2ncnc2c1. The van der Waals surface area contributed by atoms with Gasteiger partial charge in [-0.2, -0.15) is 5.10 Å². The number of aryl methyl sites for hydroxylation is 1. The predicted molar refractivity (Wildman–Crippen MR) is 210 cm³/mol. The Kier molecular flexibility index (Phi) is 8.28. The van der Waals surface area contributed by atoms with Crippen LogP contribution in [0.25, 0.3) is 16.6 Å². The maximum Gasteiger partial charge on any atom is 0.262 e. The van der Waals surface area contributed by atoms with Crippen LogP contribution >= 0.6 is 0 Å². The molecule has 6 aromatic rings. The molecule has 1 unspecified atom stereocenters. The van der Waals surface area contributed by atoms with E-state index in [2.05, 4.69) is 63.6 Å². The molecule has 4 amide bonds. The number of aromatic nitrogens is 5. The first kappa shape index (κ1) is 34.5. The highest BCUT2D eigenvalue weighted by atomic mass is 16.5. The first-order valence-corrected chi connectivity index (χ1v) is 18.9. The van der Waals surface area contributed by atoms with E-state index in [9.17, 15) is 19.2 Å². The molecule has 16 heteroatoms. The van der Waals surface area contributed by atoms with Crippen molar-refractivity contribution < 1.29 is 23.9 Å². The van der Waals surface area contributed by atoms with Gasteiger partial charge in [-0.05, 0) is 79.6 Å². The van der Waals surface area contributed by atoms with E-state index < -0.39 is 29.7 Å². The molecule has 0 saturated carbocycles. The molecule has 7 heterocycles. The average Bonchev–Trinajstić information content (AvgIpc) is 3.76. The van der Waals surface area contributed by atoms with E-state index in [0.29, 0.717) is 28.6 Å². The molecule has 3 aromatic carbocycles. The third-order valence-electron chi connectivity index (χ3n) is 11.4. The molecule has 16 nitrogen and oxygen atoms in total. The maximum atomic E-state index is 13.3. The number of imide groups is 2. The van der Waals surface area contributed by atoms with Crippen molar-refractivity contribution in [2.24, 2.45) is 0 Å². The number of nitrogens with zero attached hydrogens (tertiary/aromatic N) is 9. The van der Waals surface area contributed by atoms with Crippen LogP contribution in [0.4, 0.5) is 22.9 Å². The van der Waals surface area contributed by atoms with Crippen molar-refractivity contribution in [2.75, 3.05) is 54.4 Å². The molecule has 2 N–H and O–H groups in total. The van der Waals surface area contributed by atoms with Gasteiger partial charge in [-0.25, -0.2) is 19.5 Å². The van der Waals surface area contributed by atoms with Gasteiger partial charge in [0.2, 0.25) is 11.8 Å². The number of anilines is 4. The van der Waals surface area contributed by atoms with E-state index in [4.69, 9.17) is 4.74 Å². The second-order valence-corrected chi connectivity index (χ2v) is 14.8. The lowest BCUT2D eigenvalue weighted by Gasteiger charge is -2.49. The Morgan fingerprint density at radius 1 is 0.789 bits per heavy atom. The van der Waals surface area contributed by atoms with E-state index in [1.54, 1.807) is 23.0 Å². The molecular formula is C41H37N11O5. The summed E-state index contributed by atoms with van der Waals surface area (Å²) in [6, 6.07) is 20.7.